The van der Waals surface area contributed by atoms with E-state index in [9.17, 15) is 33.4 Å². The second-order valence-electron chi connectivity index (χ2n) is 6.01. The van der Waals surface area contributed by atoms with Gasteiger partial charge in [-0.2, -0.15) is 13.2 Å². The van der Waals surface area contributed by atoms with E-state index >= 15 is 0 Å². The summed E-state index contributed by atoms with van der Waals surface area (Å²) in [5.74, 6) is 0. The van der Waals surface area contributed by atoms with Crippen LogP contribution in [0.25, 0.3) is 0 Å². The molecule has 28 heavy (non-hydrogen) atoms. The number of rotatable bonds is 6. The Morgan fingerprint density at radius 1 is 1.14 bits per heavy atom. The van der Waals surface area contributed by atoms with Crippen molar-refractivity contribution in [3.63, 3.8) is 0 Å². The minimum absolute atomic E-state index is 0.0235. The predicted molar refractivity (Wildman–Crippen MR) is 97.1 cm³/mol. The smallest absolute Gasteiger partial charge is 0.393 e. The Morgan fingerprint density at radius 2 is 1.75 bits per heavy atom. The molecule has 0 atom stereocenters. The van der Waals surface area contributed by atoms with E-state index < -0.39 is 44.3 Å². The first-order valence-corrected chi connectivity index (χ1v) is 8.10. The number of benzene rings is 2. The summed E-state index contributed by atoms with van der Waals surface area (Å²) < 4.78 is 39.6. The Bertz CT molecular complexity index is 931. The monoisotopic (exact) mass is 398 g/mol. The third-order valence-electron chi connectivity index (χ3n) is 4.30. The van der Waals surface area contributed by atoms with Crippen LogP contribution in [-0.2, 0) is 12.7 Å². The number of hydrogen-bond donors (Lipinski definition) is 1. The number of alkyl halides is 3. The van der Waals surface area contributed by atoms with Crippen molar-refractivity contribution in [1.29, 1.82) is 0 Å². The van der Waals surface area contributed by atoms with E-state index in [1.807, 2.05) is 0 Å². The second kappa shape index (κ2) is 7.71. The van der Waals surface area contributed by atoms with Crippen LogP contribution in [0.4, 0.5) is 35.9 Å². The molecule has 0 heterocycles. The fraction of sp³-hybridized carbons (Fsp3) is 0.294. The van der Waals surface area contributed by atoms with Crippen molar-refractivity contribution in [3.8, 4) is 0 Å². The quantitative estimate of drug-likeness (QED) is 0.437. The summed E-state index contributed by atoms with van der Waals surface area (Å²) in [5.41, 5.74) is 1.52. The number of halogens is 3. The number of nitrogens with two attached hydrogens (primary N) is 1. The molecule has 150 valence electrons. The average molecular weight is 398 g/mol. The maximum atomic E-state index is 13.2. The highest BCUT2D eigenvalue weighted by molar-refractivity contribution is 5.86. The number of anilines is 2. The lowest BCUT2D eigenvalue weighted by atomic mass is 10.0. The third kappa shape index (κ3) is 3.97. The molecule has 0 saturated heterocycles. The van der Waals surface area contributed by atoms with E-state index in [0.717, 1.165) is 5.56 Å². The normalized spacial score (nSPS) is 11.3. The first kappa shape index (κ1) is 20.9. The van der Waals surface area contributed by atoms with Crippen LogP contribution in [0.3, 0.4) is 0 Å². The van der Waals surface area contributed by atoms with Crippen molar-refractivity contribution in [2.45, 2.75) is 26.6 Å². The van der Waals surface area contributed by atoms with E-state index in [-0.39, 0.29) is 19.2 Å². The number of nitrogens with zero attached hydrogens (tertiary/aromatic N) is 3. The summed E-state index contributed by atoms with van der Waals surface area (Å²) >= 11 is 0. The summed E-state index contributed by atoms with van der Waals surface area (Å²) in [4.78, 5) is 22.1. The number of nitro groups is 2. The van der Waals surface area contributed by atoms with Gasteiger partial charge in [-0.25, -0.2) is 0 Å². The van der Waals surface area contributed by atoms with Crippen molar-refractivity contribution in [3.05, 3.63) is 67.3 Å². The first-order chi connectivity index (χ1) is 13.0. The van der Waals surface area contributed by atoms with Crippen LogP contribution in [0.1, 0.15) is 23.6 Å². The number of aryl methyl sites for hydroxylation is 1. The molecule has 11 heteroatoms. The van der Waals surface area contributed by atoms with Crippen molar-refractivity contribution in [2.24, 2.45) is 0 Å². The van der Waals surface area contributed by atoms with Gasteiger partial charge >= 0.3 is 11.9 Å². The SMILES string of the molecule is CCN(Cc1ccccc1C)c1c([N+](=O)[O-])cc(C(F)(F)F)c(N)c1[N+](=O)[O-]. The Labute approximate surface area is 157 Å². The highest BCUT2D eigenvalue weighted by atomic mass is 19.4. The molecule has 0 aliphatic rings. The largest absolute Gasteiger partial charge is 0.418 e. The fourth-order valence-electron chi connectivity index (χ4n) is 2.87. The van der Waals surface area contributed by atoms with Crippen LogP contribution < -0.4 is 10.6 Å². The standard InChI is InChI=1S/C17H17F3N4O4/c1-3-22(9-11-7-5-4-6-10(11)2)15-13(23(25)26)8-12(17(18,19)20)14(21)16(15)24(27)28/h4-8H,3,9,21H2,1-2H3. The predicted octanol–water partition coefficient (Wildman–Crippen LogP) is 4.44. The van der Waals surface area contributed by atoms with Gasteiger partial charge in [0.15, 0.2) is 5.69 Å². The summed E-state index contributed by atoms with van der Waals surface area (Å²) in [6.45, 7) is 3.46. The Hall–Kier alpha value is -3.37. The molecule has 2 aromatic carbocycles. The van der Waals surface area contributed by atoms with Crippen LogP contribution in [0.2, 0.25) is 0 Å². The third-order valence-corrected chi connectivity index (χ3v) is 4.30. The van der Waals surface area contributed by atoms with Gasteiger partial charge in [0.1, 0.15) is 5.69 Å². The molecule has 0 aliphatic carbocycles. The minimum atomic E-state index is -5.08. The molecule has 0 spiro atoms. The Balaban J connectivity index is 2.79. The number of nitro benzene ring substituents is 2. The maximum Gasteiger partial charge on any atom is 0.418 e. The second-order valence-corrected chi connectivity index (χ2v) is 6.01. The minimum Gasteiger partial charge on any atom is -0.393 e. The van der Waals surface area contributed by atoms with E-state index in [4.69, 9.17) is 5.73 Å². The highest BCUT2D eigenvalue weighted by Crippen LogP contribution is 2.48. The van der Waals surface area contributed by atoms with E-state index in [2.05, 4.69) is 0 Å². The number of hydrogen-bond acceptors (Lipinski definition) is 6. The van der Waals surface area contributed by atoms with Gasteiger partial charge in [-0.05, 0) is 25.0 Å². The van der Waals surface area contributed by atoms with Gasteiger partial charge in [0, 0.05) is 19.2 Å². The topological polar surface area (TPSA) is 116 Å². The van der Waals surface area contributed by atoms with Gasteiger partial charge in [-0.1, -0.05) is 24.3 Å². The Morgan fingerprint density at radius 3 is 2.21 bits per heavy atom. The van der Waals surface area contributed by atoms with Gasteiger partial charge < -0.3 is 10.6 Å². The molecular formula is C17H17F3N4O4. The zero-order valence-corrected chi connectivity index (χ0v) is 15.0. The molecule has 0 aliphatic heterocycles. The summed E-state index contributed by atoms with van der Waals surface area (Å²) in [6.07, 6.45) is -5.08. The first-order valence-electron chi connectivity index (χ1n) is 8.10. The number of nitrogen functional groups attached to an aromatic ring is 1. The van der Waals surface area contributed by atoms with Crippen molar-refractivity contribution in [1.82, 2.24) is 0 Å². The molecule has 0 aromatic heterocycles. The van der Waals surface area contributed by atoms with Gasteiger partial charge in [0.2, 0.25) is 0 Å². The molecule has 0 fully saturated rings. The van der Waals surface area contributed by atoms with Crippen molar-refractivity contribution >= 4 is 22.7 Å². The fourth-order valence-corrected chi connectivity index (χ4v) is 2.87. The van der Waals surface area contributed by atoms with E-state index in [0.29, 0.717) is 5.56 Å². The van der Waals surface area contributed by atoms with Gasteiger partial charge in [-0.15, -0.1) is 0 Å². The van der Waals surface area contributed by atoms with Gasteiger partial charge in [0.25, 0.3) is 5.69 Å². The van der Waals surface area contributed by atoms with Crippen LogP contribution >= 0.6 is 0 Å². The summed E-state index contributed by atoms with van der Waals surface area (Å²) in [5, 5.41) is 23.0. The lowest BCUT2D eigenvalue weighted by Gasteiger charge is -2.25. The molecule has 0 unspecified atom stereocenters. The molecule has 2 N–H and O–H groups in total. The highest BCUT2D eigenvalue weighted by Gasteiger charge is 2.42. The molecule has 0 radical (unpaired) electrons. The molecule has 2 rings (SSSR count). The average Bonchev–Trinajstić information content (AvgIpc) is 2.59. The lowest BCUT2D eigenvalue weighted by molar-refractivity contribution is -0.392. The van der Waals surface area contributed by atoms with Crippen molar-refractivity contribution in [2.75, 3.05) is 17.2 Å². The van der Waals surface area contributed by atoms with Crippen LogP contribution in [0.5, 0.6) is 0 Å². The molecular weight excluding hydrogens is 381 g/mol. The molecule has 0 amide bonds. The molecule has 0 saturated carbocycles. The summed E-state index contributed by atoms with van der Waals surface area (Å²) in [6, 6.07) is 7.25. The zero-order valence-electron chi connectivity index (χ0n) is 15.0. The van der Waals surface area contributed by atoms with Crippen LogP contribution in [0, 0.1) is 27.2 Å². The molecule has 8 nitrogen and oxygen atoms in total. The molecule has 0 bridgehead atoms. The summed E-state index contributed by atoms with van der Waals surface area (Å²) in [7, 11) is 0. The van der Waals surface area contributed by atoms with Crippen LogP contribution in [-0.4, -0.2) is 16.4 Å². The van der Waals surface area contributed by atoms with Crippen molar-refractivity contribution < 1.29 is 23.0 Å². The lowest BCUT2D eigenvalue weighted by Crippen LogP contribution is -2.25. The van der Waals surface area contributed by atoms with Gasteiger partial charge in [-0.3, -0.25) is 20.2 Å². The van der Waals surface area contributed by atoms with Crippen LogP contribution in [0.15, 0.2) is 30.3 Å². The zero-order chi connectivity index (χ0) is 21.2. The van der Waals surface area contributed by atoms with E-state index in [1.54, 1.807) is 38.1 Å². The Kier molecular flexibility index (Phi) is 5.76. The van der Waals surface area contributed by atoms with Gasteiger partial charge in [0.05, 0.1) is 15.4 Å². The maximum absolute atomic E-state index is 13.2. The molecule has 2 aromatic rings. The van der Waals surface area contributed by atoms with E-state index in [1.165, 1.54) is 4.90 Å².